The number of thiocarbonyl (C=S) groups is 1. The van der Waals surface area contributed by atoms with Gasteiger partial charge in [0.25, 0.3) is 11.8 Å². The lowest BCUT2D eigenvalue weighted by molar-refractivity contribution is -0.145. The van der Waals surface area contributed by atoms with Crippen LogP contribution in [0.25, 0.3) is 6.08 Å². The summed E-state index contributed by atoms with van der Waals surface area (Å²) in [6.07, 6.45) is 2.97. The Morgan fingerprint density at radius 1 is 1.41 bits per heavy atom. The Morgan fingerprint density at radius 2 is 2.15 bits per heavy atom. The van der Waals surface area contributed by atoms with E-state index in [0.29, 0.717) is 15.8 Å². The summed E-state index contributed by atoms with van der Waals surface area (Å²) < 4.78 is 10.7. The van der Waals surface area contributed by atoms with Crippen molar-refractivity contribution in [3.05, 3.63) is 46.5 Å². The van der Waals surface area contributed by atoms with Gasteiger partial charge < -0.3 is 9.47 Å². The number of hydrogen-bond acceptors (Lipinski definition) is 6. The van der Waals surface area contributed by atoms with Crippen molar-refractivity contribution in [3.8, 4) is 5.75 Å². The van der Waals surface area contributed by atoms with E-state index in [1.807, 2.05) is 0 Å². The van der Waals surface area contributed by atoms with Crippen molar-refractivity contribution in [3.63, 3.8) is 0 Å². The minimum Gasteiger partial charge on any atom is -0.481 e. The number of carbonyl (C=O) groups is 3. The number of hydrogen-bond donors (Lipinski definition) is 1. The summed E-state index contributed by atoms with van der Waals surface area (Å²) in [6.45, 7) is 5.54. The van der Waals surface area contributed by atoms with Crippen LogP contribution < -0.4 is 10.1 Å². The van der Waals surface area contributed by atoms with Crippen molar-refractivity contribution in [2.45, 2.75) is 6.92 Å². The second-order valence-corrected chi connectivity index (χ2v) is 6.55. The van der Waals surface area contributed by atoms with Crippen LogP contribution in [0.15, 0.2) is 40.9 Å². The first kappa shape index (κ1) is 20.8. The fourth-order valence-corrected chi connectivity index (χ4v) is 2.98. The van der Waals surface area contributed by atoms with E-state index in [1.54, 1.807) is 25.1 Å². The van der Waals surface area contributed by atoms with Crippen molar-refractivity contribution in [2.75, 3.05) is 19.8 Å². The van der Waals surface area contributed by atoms with Gasteiger partial charge >= 0.3 is 5.97 Å². The van der Waals surface area contributed by atoms with Crippen molar-refractivity contribution in [1.29, 1.82) is 0 Å². The number of carbonyl (C=O) groups excluding carboxylic acids is 3. The lowest BCUT2D eigenvalue weighted by Gasteiger charge is -2.27. The van der Waals surface area contributed by atoms with Crippen LogP contribution in [0.1, 0.15) is 12.5 Å². The fraction of sp³-hybridized carbons (Fsp3) is 0.222. The number of ether oxygens (including phenoxy) is 2. The molecular weight excluding hydrogens is 436 g/mol. The summed E-state index contributed by atoms with van der Waals surface area (Å²) in [5.41, 5.74) is 0.549. The third-order valence-corrected chi connectivity index (χ3v) is 4.36. The smallest absolute Gasteiger partial charge is 0.344 e. The Bertz CT molecular complexity index is 837. The summed E-state index contributed by atoms with van der Waals surface area (Å²) in [5.74, 6) is -1.11. The molecule has 0 saturated carbocycles. The van der Waals surface area contributed by atoms with Gasteiger partial charge in [-0.15, -0.1) is 6.58 Å². The molecule has 1 N–H and O–H groups in total. The molecule has 1 aromatic carbocycles. The molecule has 1 aromatic rings. The molecule has 9 heteroatoms. The monoisotopic (exact) mass is 452 g/mol. The molecule has 142 valence electrons. The minimum atomic E-state index is -0.566. The largest absolute Gasteiger partial charge is 0.481 e. The van der Waals surface area contributed by atoms with Crippen LogP contribution >= 0.6 is 28.1 Å². The van der Waals surface area contributed by atoms with Gasteiger partial charge in [0.15, 0.2) is 11.7 Å². The van der Waals surface area contributed by atoms with Crippen LogP contribution in [0.4, 0.5) is 0 Å². The van der Waals surface area contributed by atoms with Gasteiger partial charge in [-0.1, -0.05) is 12.1 Å². The molecule has 7 nitrogen and oxygen atoms in total. The van der Waals surface area contributed by atoms with Crippen molar-refractivity contribution < 1.29 is 23.9 Å². The first-order valence-electron chi connectivity index (χ1n) is 7.95. The number of rotatable bonds is 7. The van der Waals surface area contributed by atoms with Gasteiger partial charge in [0.2, 0.25) is 0 Å². The normalized spacial score (nSPS) is 15.6. The van der Waals surface area contributed by atoms with Crippen LogP contribution in [0, 0.1) is 0 Å². The second-order valence-electron chi connectivity index (χ2n) is 5.31. The molecule has 0 spiro atoms. The van der Waals surface area contributed by atoms with Crippen LogP contribution in [-0.4, -0.2) is 47.6 Å². The van der Waals surface area contributed by atoms with E-state index < -0.39 is 17.8 Å². The molecule has 2 amide bonds. The molecule has 0 bridgehead atoms. The van der Waals surface area contributed by atoms with Gasteiger partial charge in [-0.2, -0.15) is 0 Å². The lowest BCUT2D eigenvalue weighted by Crippen LogP contribution is -2.53. The van der Waals surface area contributed by atoms with E-state index >= 15 is 0 Å². The first-order chi connectivity index (χ1) is 12.9. The summed E-state index contributed by atoms with van der Waals surface area (Å²) in [7, 11) is 0. The van der Waals surface area contributed by atoms with E-state index in [2.05, 4.69) is 27.8 Å². The average molecular weight is 453 g/mol. The molecule has 1 aliphatic rings. The van der Waals surface area contributed by atoms with Gasteiger partial charge in [0.05, 0.1) is 11.1 Å². The summed E-state index contributed by atoms with van der Waals surface area (Å²) in [6, 6.07) is 4.94. The van der Waals surface area contributed by atoms with Gasteiger partial charge in [0.1, 0.15) is 11.3 Å². The molecule has 0 unspecified atom stereocenters. The molecule has 2 rings (SSSR count). The molecule has 1 saturated heterocycles. The van der Waals surface area contributed by atoms with E-state index in [9.17, 15) is 14.4 Å². The van der Waals surface area contributed by atoms with Gasteiger partial charge in [-0.3, -0.25) is 19.8 Å². The van der Waals surface area contributed by atoms with Crippen molar-refractivity contribution in [2.24, 2.45) is 0 Å². The Hall–Kier alpha value is -2.52. The molecule has 0 radical (unpaired) electrons. The van der Waals surface area contributed by atoms with Gasteiger partial charge in [0, 0.05) is 6.54 Å². The Labute approximate surface area is 170 Å². The maximum atomic E-state index is 12.5. The standard InChI is InChI=1S/C18H17BrN2O5S/c1-3-7-21-17(24)12(16(23)20-18(21)27)8-11-5-6-14(13(19)9-11)26-10-15(22)25-4-2/h3,5-6,8-9H,1,4,7,10H2,2H3,(H,20,23,27). The zero-order valence-corrected chi connectivity index (χ0v) is 16.9. The highest BCUT2D eigenvalue weighted by molar-refractivity contribution is 9.10. The average Bonchev–Trinajstić information content (AvgIpc) is 2.61. The Balaban J connectivity index is 2.20. The Morgan fingerprint density at radius 3 is 2.78 bits per heavy atom. The Kier molecular flexibility index (Phi) is 7.26. The predicted octanol–water partition coefficient (Wildman–Crippen LogP) is 2.20. The zero-order chi connectivity index (χ0) is 20.0. The number of esters is 1. The molecule has 1 aliphatic heterocycles. The van der Waals surface area contributed by atoms with Crippen LogP contribution in [-0.2, 0) is 19.1 Å². The SMILES string of the molecule is C=CCN1C(=O)C(=Cc2ccc(OCC(=O)OCC)c(Br)c2)C(=O)NC1=S. The highest BCUT2D eigenvalue weighted by atomic mass is 79.9. The predicted molar refractivity (Wildman–Crippen MR) is 107 cm³/mol. The molecule has 0 atom stereocenters. The minimum absolute atomic E-state index is 0.0439. The molecule has 1 fully saturated rings. The third-order valence-electron chi connectivity index (χ3n) is 3.42. The van der Waals surface area contributed by atoms with Crippen molar-refractivity contribution in [1.82, 2.24) is 10.2 Å². The first-order valence-corrected chi connectivity index (χ1v) is 9.15. The quantitative estimate of drug-likeness (QED) is 0.224. The number of benzene rings is 1. The molecule has 0 aliphatic carbocycles. The summed E-state index contributed by atoms with van der Waals surface area (Å²) in [5, 5.41) is 2.53. The second kappa shape index (κ2) is 9.43. The topological polar surface area (TPSA) is 84.9 Å². The molecule has 0 aromatic heterocycles. The highest BCUT2D eigenvalue weighted by Crippen LogP contribution is 2.27. The van der Waals surface area contributed by atoms with E-state index in [0.717, 1.165) is 0 Å². The number of nitrogens with one attached hydrogen (secondary N) is 1. The maximum Gasteiger partial charge on any atom is 0.344 e. The van der Waals surface area contributed by atoms with E-state index in [-0.39, 0.29) is 30.4 Å². The molecule has 27 heavy (non-hydrogen) atoms. The number of halogens is 1. The molecular formula is C18H17BrN2O5S. The lowest BCUT2D eigenvalue weighted by atomic mass is 10.1. The van der Waals surface area contributed by atoms with E-state index in [4.69, 9.17) is 21.7 Å². The maximum absolute atomic E-state index is 12.5. The van der Waals surface area contributed by atoms with Crippen LogP contribution in [0.2, 0.25) is 0 Å². The number of nitrogens with zero attached hydrogens (tertiary/aromatic N) is 1. The fourth-order valence-electron chi connectivity index (χ4n) is 2.22. The molecule has 1 heterocycles. The third kappa shape index (κ3) is 5.24. The summed E-state index contributed by atoms with van der Waals surface area (Å²) >= 11 is 8.35. The van der Waals surface area contributed by atoms with Crippen LogP contribution in [0.3, 0.4) is 0 Å². The van der Waals surface area contributed by atoms with Crippen molar-refractivity contribution >= 4 is 57.1 Å². The summed E-state index contributed by atoms with van der Waals surface area (Å²) in [4.78, 5) is 37.3. The number of amides is 2. The zero-order valence-electron chi connectivity index (χ0n) is 14.5. The van der Waals surface area contributed by atoms with Gasteiger partial charge in [-0.05, 0) is 58.8 Å². The van der Waals surface area contributed by atoms with E-state index in [1.165, 1.54) is 17.1 Å². The van der Waals surface area contributed by atoms with Gasteiger partial charge in [-0.25, -0.2) is 4.79 Å². The highest BCUT2D eigenvalue weighted by Gasteiger charge is 2.32. The van der Waals surface area contributed by atoms with Crippen LogP contribution in [0.5, 0.6) is 5.75 Å².